The molecule has 11 nitrogen and oxygen atoms in total. The number of aromatic carboxylic acids is 1. The van der Waals surface area contributed by atoms with E-state index in [4.69, 9.17) is 14.2 Å². The van der Waals surface area contributed by atoms with Crippen LogP contribution in [0.5, 0.6) is 11.5 Å². The number of ketones is 1. The highest BCUT2D eigenvalue weighted by Crippen LogP contribution is 2.42. The van der Waals surface area contributed by atoms with Crippen molar-refractivity contribution in [2.24, 2.45) is 11.8 Å². The summed E-state index contributed by atoms with van der Waals surface area (Å²) in [7, 11) is 0. The average molecular weight is 563 g/mol. The number of aromatic hydroxyl groups is 1. The molecule has 2 saturated heterocycles. The van der Waals surface area contributed by atoms with Gasteiger partial charge in [-0.1, -0.05) is 13.0 Å². The van der Waals surface area contributed by atoms with Gasteiger partial charge in [0.05, 0.1) is 23.1 Å². The van der Waals surface area contributed by atoms with Crippen LogP contribution in [0.4, 0.5) is 0 Å². The molecule has 40 heavy (non-hydrogen) atoms. The molecule has 0 aliphatic carbocycles. The van der Waals surface area contributed by atoms with Gasteiger partial charge >= 0.3 is 5.97 Å². The van der Waals surface area contributed by atoms with E-state index >= 15 is 0 Å². The van der Waals surface area contributed by atoms with Crippen LogP contribution in [0, 0.1) is 18.8 Å². The third-order valence-corrected chi connectivity index (χ3v) is 8.42. The van der Waals surface area contributed by atoms with Gasteiger partial charge in [-0.3, -0.25) is 4.79 Å². The van der Waals surface area contributed by atoms with E-state index in [1.807, 2.05) is 0 Å². The van der Waals surface area contributed by atoms with Crippen LogP contribution in [0.15, 0.2) is 18.2 Å². The lowest BCUT2D eigenvalue weighted by Crippen LogP contribution is -2.67. The maximum Gasteiger partial charge on any atom is 0.335 e. The zero-order valence-electron chi connectivity index (χ0n) is 22.9. The Kier molecular flexibility index (Phi) is 9.03. The quantitative estimate of drug-likeness (QED) is 0.246. The number of hydrogen-bond donors (Lipinski definition) is 6. The Morgan fingerprint density at radius 2 is 1.85 bits per heavy atom. The van der Waals surface area contributed by atoms with Crippen molar-refractivity contribution in [3.63, 3.8) is 0 Å². The van der Waals surface area contributed by atoms with Gasteiger partial charge in [-0.05, 0) is 74.4 Å². The molecule has 2 aliphatic rings. The van der Waals surface area contributed by atoms with Crippen LogP contribution in [-0.2, 0) is 9.47 Å². The minimum absolute atomic E-state index is 0.0118. The second-order valence-corrected chi connectivity index (χ2v) is 11.0. The minimum Gasteiger partial charge on any atom is -0.506 e. The van der Waals surface area contributed by atoms with E-state index < -0.39 is 54.3 Å². The molecule has 2 fully saturated rings. The fourth-order valence-corrected chi connectivity index (χ4v) is 5.99. The summed E-state index contributed by atoms with van der Waals surface area (Å²) >= 11 is 0. The third kappa shape index (κ3) is 5.67. The number of benzene rings is 2. The number of hydrogen-bond acceptors (Lipinski definition) is 10. The molecule has 0 spiro atoms. The Morgan fingerprint density at radius 3 is 2.45 bits per heavy atom. The molecule has 2 aromatic carbocycles. The molecule has 0 bridgehead atoms. The summed E-state index contributed by atoms with van der Waals surface area (Å²) in [6, 6.07) is 3.95. The summed E-state index contributed by atoms with van der Waals surface area (Å²) in [5.41, 5.74) is -1.73. The molecule has 0 unspecified atom stereocenters. The standard InChI is InChI=1S/C29H38O11/c1-14(17-5-8-38-9-6-17)4-7-29(37)21(13-30)40-28(25(33)26(29)34)39-20-12-19(27(35)36)11-18-10-15(2)22(16(3)31)24(32)23(18)20/h10-12,14,17,21,25-26,28,30,32-34,37H,4-9,13H2,1-3H3,(H,35,36)/t14-,21-,25-,26-,28-,29-/m1/s1. The number of aryl methyl sites for hydroxylation is 1. The average Bonchev–Trinajstić information content (AvgIpc) is 2.91. The molecular formula is C29H38O11. The summed E-state index contributed by atoms with van der Waals surface area (Å²) in [5.74, 6) is -1.78. The van der Waals surface area contributed by atoms with Crippen LogP contribution in [0.3, 0.4) is 0 Å². The van der Waals surface area contributed by atoms with Crippen molar-refractivity contribution in [2.75, 3.05) is 19.8 Å². The lowest BCUT2D eigenvalue weighted by Gasteiger charge is -2.48. The van der Waals surface area contributed by atoms with Crippen LogP contribution in [0.25, 0.3) is 10.8 Å². The topological polar surface area (TPSA) is 183 Å². The van der Waals surface area contributed by atoms with Crippen molar-refractivity contribution in [3.05, 3.63) is 34.9 Å². The number of Topliss-reactive ketones (excluding diaryl/α,β-unsaturated/α-hetero) is 1. The molecule has 0 aromatic heterocycles. The molecule has 2 aromatic rings. The van der Waals surface area contributed by atoms with Crippen molar-refractivity contribution in [1.82, 2.24) is 0 Å². The molecule has 2 heterocycles. The zero-order valence-corrected chi connectivity index (χ0v) is 22.9. The second-order valence-electron chi connectivity index (χ2n) is 11.0. The van der Waals surface area contributed by atoms with Crippen molar-refractivity contribution < 1.29 is 54.4 Å². The minimum atomic E-state index is -1.99. The van der Waals surface area contributed by atoms with Crippen LogP contribution in [0.1, 0.15) is 65.8 Å². The fraction of sp³-hybridized carbons (Fsp3) is 0.586. The van der Waals surface area contributed by atoms with Crippen molar-refractivity contribution in [2.45, 2.75) is 76.7 Å². The number of carboxylic acids is 1. The summed E-state index contributed by atoms with van der Waals surface area (Å²) < 4.78 is 17.0. The number of carbonyl (C=O) groups excluding carboxylic acids is 1. The van der Waals surface area contributed by atoms with Gasteiger partial charge < -0.3 is 44.8 Å². The molecule has 6 atom stereocenters. The smallest absolute Gasteiger partial charge is 0.335 e. The van der Waals surface area contributed by atoms with Crippen LogP contribution in [0.2, 0.25) is 0 Å². The van der Waals surface area contributed by atoms with E-state index in [0.717, 1.165) is 18.9 Å². The Balaban J connectivity index is 1.64. The van der Waals surface area contributed by atoms with Gasteiger partial charge in [0, 0.05) is 13.2 Å². The molecule has 2 aliphatic heterocycles. The molecule has 6 N–H and O–H groups in total. The van der Waals surface area contributed by atoms with Crippen LogP contribution in [-0.4, -0.2) is 92.4 Å². The van der Waals surface area contributed by atoms with Gasteiger partial charge in [0.15, 0.2) is 5.78 Å². The molecule has 220 valence electrons. The normalized spacial score (nSPS) is 28.4. The molecule has 4 rings (SSSR count). The summed E-state index contributed by atoms with van der Waals surface area (Å²) in [5, 5.41) is 64.4. The highest BCUT2D eigenvalue weighted by Gasteiger charge is 2.55. The van der Waals surface area contributed by atoms with E-state index in [9.17, 15) is 40.2 Å². The van der Waals surface area contributed by atoms with Crippen molar-refractivity contribution in [1.29, 1.82) is 0 Å². The Labute approximate surface area is 231 Å². The number of fused-ring (bicyclic) bond motifs is 1. The monoisotopic (exact) mass is 562 g/mol. The first-order valence-electron chi connectivity index (χ1n) is 13.5. The van der Waals surface area contributed by atoms with Gasteiger partial charge in [0.25, 0.3) is 0 Å². The Bertz CT molecular complexity index is 1250. The number of phenols is 1. The zero-order chi connectivity index (χ0) is 29.4. The maximum atomic E-state index is 12.2. The predicted octanol–water partition coefficient (Wildman–Crippen LogP) is 2.15. The van der Waals surface area contributed by atoms with Crippen molar-refractivity contribution >= 4 is 22.5 Å². The first-order chi connectivity index (χ1) is 18.9. The van der Waals surface area contributed by atoms with Gasteiger partial charge in [0.2, 0.25) is 6.29 Å². The SMILES string of the molecule is CC(=O)c1c(C)cc2cc(C(=O)O)cc(O[C@@H]3O[C@H](CO)[C@](O)(CC[C@@H](C)C4CCOCC4)[C@H](O)[C@H]3O)c2c1O. The van der Waals surface area contributed by atoms with Crippen LogP contribution < -0.4 is 4.74 Å². The number of aliphatic hydroxyl groups is 4. The molecule has 0 saturated carbocycles. The Hall–Kier alpha value is -2.80. The first-order valence-corrected chi connectivity index (χ1v) is 13.5. The molecule has 0 radical (unpaired) electrons. The number of carbonyl (C=O) groups is 2. The lowest BCUT2D eigenvalue weighted by atomic mass is 9.76. The molecule has 11 heteroatoms. The lowest BCUT2D eigenvalue weighted by molar-refractivity contribution is -0.315. The molecule has 0 amide bonds. The fourth-order valence-electron chi connectivity index (χ4n) is 5.99. The van der Waals surface area contributed by atoms with E-state index in [1.54, 1.807) is 6.92 Å². The van der Waals surface area contributed by atoms with E-state index in [0.29, 0.717) is 31.1 Å². The van der Waals surface area contributed by atoms with Gasteiger partial charge in [-0.2, -0.15) is 0 Å². The number of rotatable bonds is 9. The second kappa shape index (κ2) is 12.0. The van der Waals surface area contributed by atoms with Gasteiger partial charge in [-0.15, -0.1) is 0 Å². The first kappa shape index (κ1) is 30.2. The summed E-state index contributed by atoms with van der Waals surface area (Å²) in [6.07, 6.45) is -4.23. The number of phenolic OH excluding ortho intramolecular Hbond substituents is 1. The number of carboxylic acid groups (broad SMARTS) is 1. The van der Waals surface area contributed by atoms with E-state index in [1.165, 1.54) is 19.1 Å². The van der Waals surface area contributed by atoms with Crippen LogP contribution >= 0.6 is 0 Å². The highest BCUT2D eigenvalue weighted by atomic mass is 16.7. The number of ether oxygens (including phenoxy) is 3. The number of aliphatic hydroxyl groups excluding tert-OH is 3. The summed E-state index contributed by atoms with van der Waals surface area (Å²) in [6.45, 7) is 5.58. The van der Waals surface area contributed by atoms with Crippen molar-refractivity contribution in [3.8, 4) is 11.5 Å². The van der Waals surface area contributed by atoms with Gasteiger partial charge in [-0.25, -0.2) is 4.79 Å². The highest BCUT2D eigenvalue weighted by molar-refractivity contribution is 6.08. The Morgan fingerprint density at radius 1 is 1.18 bits per heavy atom. The predicted molar refractivity (Wildman–Crippen MR) is 143 cm³/mol. The largest absolute Gasteiger partial charge is 0.506 e. The van der Waals surface area contributed by atoms with Gasteiger partial charge in [0.1, 0.15) is 35.4 Å². The summed E-state index contributed by atoms with van der Waals surface area (Å²) in [4.78, 5) is 24.0. The molecular weight excluding hydrogens is 524 g/mol. The maximum absolute atomic E-state index is 12.2. The third-order valence-electron chi connectivity index (χ3n) is 8.42. The van der Waals surface area contributed by atoms with E-state index in [-0.39, 0.29) is 40.0 Å². The van der Waals surface area contributed by atoms with E-state index in [2.05, 4.69) is 6.92 Å².